The molecule has 8 nitrogen and oxygen atoms in total. The summed E-state index contributed by atoms with van der Waals surface area (Å²) in [6.07, 6.45) is 0. The van der Waals surface area contributed by atoms with E-state index in [0.29, 0.717) is 28.7 Å². The van der Waals surface area contributed by atoms with E-state index in [2.05, 4.69) is 16.0 Å². The van der Waals surface area contributed by atoms with Crippen molar-refractivity contribution in [3.63, 3.8) is 0 Å². The Morgan fingerprint density at radius 2 is 1.56 bits per heavy atom. The Hall–Kier alpha value is -4.21. The molecule has 190 valence electrons. The molecule has 1 atom stereocenters. The third kappa shape index (κ3) is 5.07. The van der Waals surface area contributed by atoms with Gasteiger partial charge in [0.1, 0.15) is 11.6 Å². The van der Waals surface area contributed by atoms with Crippen LogP contribution in [0.4, 0.5) is 25.0 Å². The minimum Gasteiger partial charge on any atom is -0.466 e. The maximum absolute atomic E-state index is 13.8. The van der Waals surface area contributed by atoms with E-state index in [1.807, 2.05) is 0 Å². The molecule has 0 saturated heterocycles. The van der Waals surface area contributed by atoms with Crippen LogP contribution in [0.15, 0.2) is 65.0 Å². The number of hydrogen-bond acceptors (Lipinski definition) is 6. The van der Waals surface area contributed by atoms with Gasteiger partial charge in [-0.15, -0.1) is 0 Å². The van der Waals surface area contributed by atoms with E-state index < -0.39 is 35.0 Å². The molecule has 1 aliphatic heterocycles. The SMILES string of the molecule is CCOC(=O)C1=C(C)NC(C)=C(C(=O)OC)C1(C)c1ccc(NC(=O)Nc2ccc(F)cc2F)cc1. The van der Waals surface area contributed by atoms with Crippen molar-refractivity contribution in [1.82, 2.24) is 5.32 Å². The van der Waals surface area contributed by atoms with Gasteiger partial charge in [0.2, 0.25) is 0 Å². The number of rotatable bonds is 6. The number of dihydropyridines is 1. The molecule has 0 bridgehead atoms. The maximum atomic E-state index is 13.8. The standard InChI is InChI=1S/C26H27F2N3O5/c1-6-36-24(33)22-15(3)29-14(2)21(23(32)35-5)26(22,4)16-7-10-18(11-8-16)30-25(34)31-20-12-9-17(27)13-19(20)28/h7-13,29H,6H2,1-5H3,(H2,30,31,34). The Morgan fingerprint density at radius 1 is 0.944 bits per heavy atom. The normalized spacial score (nSPS) is 17.3. The maximum Gasteiger partial charge on any atom is 0.337 e. The molecule has 1 unspecified atom stereocenters. The summed E-state index contributed by atoms with van der Waals surface area (Å²) in [6, 6.07) is 8.52. The molecular weight excluding hydrogens is 472 g/mol. The van der Waals surface area contributed by atoms with Gasteiger partial charge in [-0.25, -0.2) is 23.2 Å². The van der Waals surface area contributed by atoms with Gasteiger partial charge in [-0.2, -0.15) is 0 Å². The van der Waals surface area contributed by atoms with Crippen LogP contribution in [0, 0.1) is 11.6 Å². The molecule has 0 aromatic heterocycles. The number of allylic oxidation sites excluding steroid dienone is 2. The lowest BCUT2D eigenvalue weighted by atomic mass is 9.67. The Kier molecular flexibility index (Phi) is 7.77. The molecule has 0 aliphatic carbocycles. The number of ether oxygens (including phenoxy) is 2. The zero-order valence-corrected chi connectivity index (χ0v) is 20.5. The van der Waals surface area contributed by atoms with Crippen molar-refractivity contribution >= 4 is 29.3 Å². The number of amides is 2. The first-order valence-corrected chi connectivity index (χ1v) is 11.1. The smallest absolute Gasteiger partial charge is 0.337 e. The zero-order valence-electron chi connectivity index (χ0n) is 20.5. The lowest BCUT2D eigenvalue weighted by molar-refractivity contribution is -0.139. The molecule has 0 radical (unpaired) electrons. The second-order valence-electron chi connectivity index (χ2n) is 8.24. The van der Waals surface area contributed by atoms with Gasteiger partial charge < -0.3 is 25.4 Å². The number of carbonyl (C=O) groups is 3. The summed E-state index contributed by atoms with van der Waals surface area (Å²) in [5.74, 6) is -2.87. The predicted octanol–water partition coefficient (Wildman–Crippen LogP) is 4.75. The number of benzene rings is 2. The predicted molar refractivity (Wildman–Crippen MR) is 130 cm³/mol. The molecule has 0 spiro atoms. The molecular formula is C26H27F2N3O5. The Bertz CT molecular complexity index is 1270. The van der Waals surface area contributed by atoms with Crippen LogP contribution in [0.3, 0.4) is 0 Å². The van der Waals surface area contributed by atoms with E-state index in [0.717, 1.165) is 12.1 Å². The quantitative estimate of drug-likeness (QED) is 0.495. The van der Waals surface area contributed by atoms with E-state index in [4.69, 9.17) is 9.47 Å². The van der Waals surface area contributed by atoms with Gasteiger partial charge in [-0.1, -0.05) is 12.1 Å². The fraction of sp³-hybridized carbons (Fsp3) is 0.269. The van der Waals surface area contributed by atoms with E-state index in [9.17, 15) is 23.2 Å². The first-order valence-electron chi connectivity index (χ1n) is 11.1. The molecule has 2 aromatic carbocycles. The molecule has 3 N–H and O–H groups in total. The third-order valence-corrected chi connectivity index (χ3v) is 5.89. The number of anilines is 2. The summed E-state index contributed by atoms with van der Waals surface area (Å²) in [7, 11) is 1.26. The molecule has 1 aliphatic rings. The van der Waals surface area contributed by atoms with Crippen molar-refractivity contribution in [2.45, 2.75) is 33.1 Å². The van der Waals surface area contributed by atoms with E-state index in [1.54, 1.807) is 52.0 Å². The summed E-state index contributed by atoms with van der Waals surface area (Å²) in [6.45, 7) is 7.00. The van der Waals surface area contributed by atoms with Crippen molar-refractivity contribution < 1.29 is 32.6 Å². The number of carbonyl (C=O) groups excluding carboxylic acids is 3. The summed E-state index contributed by atoms with van der Waals surface area (Å²) >= 11 is 0. The van der Waals surface area contributed by atoms with Gasteiger partial charge in [-0.05, 0) is 57.5 Å². The number of hydrogen-bond donors (Lipinski definition) is 3. The fourth-order valence-electron chi connectivity index (χ4n) is 4.35. The lowest BCUT2D eigenvalue weighted by Gasteiger charge is -2.39. The number of nitrogens with one attached hydrogen (secondary N) is 3. The molecule has 0 fully saturated rings. The number of urea groups is 1. The average Bonchev–Trinajstić information content (AvgIpc) is 2.81. The number of halogens is 2. The van der Waals surface area contributed by atoms with Crippen LogP contribution in [0.25, 0.3) is 0 Å². The first kappa shape index (κ1) is 26.4. The second-order valence-corrected chi connectivity index (χ2v) is 8.24. The van der Waals surface area contributed by atoms with E-state index in [-0.39, 0.29) is 23.4 Å². The van der Waals surface area contributed by atoms with Crippen LogP contribution in [-0.4, -0.2) is 31.7 Å². The molecule has 1 heterocycles. The Morgan fingerprint density at radius 3 is 2.11 bits per heavy atom. The highest BCUT2D eigenvalue weighted by Gasteiger charge is 2.47. The Balaban J connectivity index is 1.95. The summed E-state index contributed by atoms with van der Waals surface area (Å²) in [5, 5.41) is 7.94. The minimum atomic E-state index is -1.23. The van der Waals surface area contributed by atoms with E-state index in [1.165, 1.54) is 7.11 Å². The monoisotopic (exact) mass is 499 g/mol. The zero-order chi connectivity index (χ0) is 26.6. The van der Waals surface area contributed by atoms with Crippen molar-refractivity contribution in [2.24, 2.45) is 0 Å². The van der Waals surface area contributed by atoms with Crippen LogP contribution >= 0.6 is 0 Å². The van der Waals surface area contributed by atoms with E-state index >= 15 is 0 Å². The van der Waals surface area contributed by atoms with Gasteiger partial charge in [0.25, 0.3) is 0 Å². The van der Waals surface area contributed by atoms with Gasteiger partial charge in [-0.3, -0.25) is 0 Å². The highest BCUT2D eigenvalue weighted by atomic mass is 19.1. The van der Waals surface area contributed by atoms with Crippen LogP contribution in [0.2, 0.25) is 0 Å². The van der Waals surface area contributed by atoms with Crippen LogP contribution < -0.4 is 16.0 Å². The summed E-state index contributed by atoms with van der Waals surface area (Å²) < 4.78 is 37.2. The van der Waals surface area contributed by atoms with Gasteiger partial charge >= 0.3 is 18.0 Å². The topological polar surface area (TPSA) is 106 Å². The number of esters is 2. The fourth-order valence-corrected chi connectivity index (χ4v) is 4.35. The highest BCUT2D eigenvalue weighted by molar-refractivity contribution is 6.02. The highest BCUT2D eigenvalue weighted by Crippen LogP contribution is 2.45. The average molecular weight is 500 g/mol. The van der Waals surface area contributed by atoms with Gasteiger partial charge in [0.05, 0.1) is 36.0 Å². The molecule has 2 amide bonds. The van der Waals surface area contributed by atoms with Crippen LogP contribution in [0.1, 0.15) is 33.3 Å². The first-order chi connectivity index (χ1) is 17.0. The van der Waals surface area contributed by atoms with Gasteiger partial charge in [0, 0.05) is 23.1 Å². The van der Waals surface area contributed by atoms with Crippen molar-refractivity contribution in [3.8, 4) is 0 Å². The molecule has 10 heteroatoms. The molecule has 2 aromatic rings. The summed E-state index contributed by atoms with van der Waals surface area (Å²) in [4.78, 5) is 38.1. The minimum absolute atomic E-state index is 0.147. The Labute approximate surface area is 207 Å². The third-order valence-electron chi connectivity index (χ3n) is 5.89. The van der Waals surface area contributed by atoms with Crippen molar-refractivity contribution in [2.75, 3.05) is 24.4 Å². The number of methoxy groups -OCH3 is 1. The lowest BCUT2D eigenvalue weighted by Crippen LogP contribution is -2.43. The molecule has 0 saturated carbocycles. The summed E-state index contributed by atoms with van der Waals surface area (Å²) in [5.41, 5.74) is 1.07. The molecule has 3 rings (SSSR count). The van der Waals surface area contributed by atoms with Crippen LogP contribution in [0.5, 0.6) is 0 Å². The van der Waals surface area contributed by atoms with Gasteiger partial charge in [0.15, 0.2) is 0 Å². The second kappa shape index (κ2) is 10.6. The van der Waals surface area contributed by atoms with Crippen molar-refractivity contribution in [3.05, 3.63) is 82.2 Å². The largest absolute Gasteiger partial charge is 0.466 e. The van der Waals surface area contributed by atoms with Crippen molar-refractivity contribution in [1.29, 1.82) is 0 Å². The van der Waals surface area contributed by atoms with Crippen LogP contribution in [-0.2, 0) is 24.5 Å². The molecule has 36 heavy (non-hydrogen) atoms.